The van der Waals surface area contributed by atoms with E-state index in [0.29, 0.717) is 16.9 Å². The normalized spacial score (nSPS) is 10.9. The van der Waals surface area contributed by atoms with E-state index >= 15 is 0 Å². The monoisotopic (exact) mass is 486 g/mol. The Balaban J connectivity index is 1.79. The lowest BCUT2D eigenvalue weighted by molar-refractivity contribution is -0.136. The number of unbranched alkanes of at least 4 members (excludes halogenated alkanes) is 4. The predicted octanol–water partition coefficient (Wildman–Crippen LogP) is 8.30. The van der Waals surface area contributed by atoms with Crippen LogP contribution in [-0.4, -0.2) is 16.2 Å². The number of benzene rings is 3. The Morgan fingerprint density at radius 1 is 0.909 bits per heavy atom. The highest BCUT2D eigenvalue weighted by atomic mass is 35.5. The van der Waals surface area contributed by atoms with Crippen molar-refractivity contribution in [2.75, 3.05) is 0 Å². The molecule has 0 saturated carbocycles. The second-order valence-corrected chi connectivity index (χ2v) is 8.92. The van der Waals surface area contributed by atoms with Crippen LogP contribution in [-0.2, 0) is 17.6 Å². The van der Waals surface area contributed by atoms with E-state index in [1.807, 2.05) is 12.1 Å². The van der Waals surface area contributed by atoms with Crippen LogP contribution in [0.5, 0.6) is 17.2 Å². The van der Waals surface area contributed by atoms with Crippen LogP contribution in [0.25, 0.3) is 11.1 Å². The quantitative estimate of drug-likeness (QED) is 0.267. The Morgan fingerprint density at radius 3 is 2.33 bits per heavy atom. The third kappa shape index (κ3) is 7.15. The molecule has 0 amide bonds. The molecule has 0 bridgehead atoms. The van der Waals surface area contributed by atoms with E-state index in [2.05, 4.69) is 19.1 Å². The number of carboxylic acid groups (broad SMARTS) is 1. The third-order valence-electron chi connectivity index (χ3n) is 5.41. The summed E-state index contributed by atoms with van der Waals surface area (Å²) in [4.78, 5) is 11.0. The highest BCUT2D eigenvalue weighted by Crippen LogP contribution is 2.40. The number of carboxylic acids is 1. The van der Waals surface area contributed by atoms with Crippen molar-refractivity contribution in [2.24, 2.45) is 0 Å². The topological polar surface area (TPSA) is 66.8 Å². The molecule has 0 heterocycles. The zero-order valence-corrected chi connectivity index (χ0v) is 20.1. The SMILES string of the molecule is CCCCCCCc1cccc(-c2cc(Oc3c(Cl)cc(CC(=O)O)cc3Cl)ccc2O)c1. The minimum Gasteiger partial charge on any atom is -0.507 e. The van der Waals surface area contributed by atoms with E-state index in [1.165, 1.54) is 43.4 Å². The summed E-state index contributed by atoms with van der Waals surface area (Å²) in [6.07, 6.45) is 6.96. The number of phenolic OH excluding ortho intramolecular Hbond substituents is 1. The highest BCUT2D eigenvalue weighted by Gasteiger charge is 2.14. The van der Waals surface area contributed by atoms with Crippen molar-refractivity contribution >= 4 is 29.2 Å². The summed E-state index contributed by atoms with van der Waals surface area (Å²) in [6.45, 7) is 2.21. The van der Waals surface area contributed by atoms with Gasteiger partial charge in [0, 0.05) is 5.56 Å². The summed E-state index contributed by atoms with van der Waals surface area (Å²) in [7, 11) is 0. The van der Waals surface area contributed by atoms with E-state index in [-0.39, 0.29) is 28.0 Å². The van der Waals surface area contributed by atoms with E-state index in [1.54, 1.807) is 18.2 Å². The summed E-state index contributed by atoms with van der Waals surface area (Å²) in [6, 6.07) is 16.2. The Hall–Kier alpha value is -2.69. The number of halogens is 2. The summed E-state index contributed by atoms with van der Waals surface area (Å²) in [5.41, 5.74) is 3.27. The zero-order valence-electron chi connectivity index (χ0n) is 18.6. The van der Waals surface area contributed by atoms with E-state index in [4.69, 9.17) is 33.0 Å². The van der Waals surface area contributed by atoms with Crippen LogP contribution < -0.4 is 4.74 Å². The average molecular weight is 487 g/mol. The highest BCUT2D eigenvalue weighted by molar-refractivity contribution is 6.37. The Kier molecular flexibility index (Phi) is 9.04. The van der Waals surface area contributed by atoms with Gasteiger partial charge in [0.05, 0.1) is 16.5 Å². The fourth-order valence-electron chi connectivity index (χ4n) is 3.74. The maximum absolute atomic E-state index is 11.0. The zero-order chi connectivity index (χ0) is 23.8. The molecular weight excluding hydrogens is 459 g/mol. The largest absolute Gasteiger partial charge is 0.507 e. The van der Waals surface area contributed by atoms with Gasteiger partial charge in [0.1, 0.15) is 11.5 Å². The first-order valence-electron chi connectivity index (χ1n) is 11.2. The summed E-state index contributed by atoms with van der Waals surface area (Å²) in [5.74, 6) is -0.119. The number of ether oxygens (including phenoxy) is 1. The lowest BCUT2D eigenvalue weighted by Crippen LogP contribution is -2.00. The maximum atomic E-state index is 11.0. The molecule has 0 aromatic heterocycles. The molecule has 0 fully saturated rings. The van der Waals surface area contributed by atoms with Crippen molar-refractivity contribution in [3.8, 4) is 28.4 Å². The first kappa shape index (κ1) is 24.9. The lowest BCUT2D eigenvalue weighted by Gasteiger charge is -2.13. The fraction of sp³-hybridized carbons (Fsp3) is 0.296. The van der Waals surface area contributed by atoms with E-state index in [9.17, 15) is 9.90 Å². The molecule has 3 aromatic rings. The molecule has 0 aliphatic heterocycles. The summed E-state index contributed by atoms with van der Waals surface area (Å²) in [5, 5.41) is 19.9. The van der Waals surface area contributed by atoms with Crippen LogP contribution in [0.3, 0.4) is 0 Å². The standard InChI is InChI=1S/C27H28Cl2O4/c1-2-3-4-5-6-8-18-9-7-10-20(13-18)22-17-21(11-12-25(22)30)33-27-23(28)14-19(15-24(27)29)16-26(31)32/h7,9-15,17,30H,2-6,8,16H2,1H3,(H,31,32). The van der Waals surface area contributed by atoms with Crippen molar-refractivity contribution in [2.45, 2.75) is 51.9 Å². The third-order valence-corrected chi connectivity index (χ3v) is 5.97. The number of aryl methyl sites for hydroxylation is 1. The van der Waals surface area contributed by atoms with Gasteiger partial charge in [-0.3, -0.25) is 4.79 Å². The lowest BCUT2D eigenvalue weighted by atomic mass is 9.99. The second-order valence-electron chi connectivity index (χ2n) is 8.10. The molecule has 4 nitrogen and oxygen atoms in total. The van der Waals surface area contributed by atoms with Crippen molar-refractivity contribution < 1.29 is 19.7 Å². The van der Waals surface area contributed by atoms with Gasteiger partial charge in [-0.1, -0.05) is 80.1 Å². The number of hydrogen-bond acceptors (Lipinski definition) is 3. The molecule has 0 aliphatic rings. The van der Waals surface area contributed by atoms with Gasteiger partial charge >= 0.3 is 5.97 Å². The van der Waals surface area contributed by atoms with Gasteiger partial charge in [-0.25, -0.2) is 0 Å². The van der Waals surface area contributed by atoms with Crippen LogP contribution in [0.15, 0.2) is 54.6 Å². The molecule has 0 atom stereocenters. The fourth-order valence-corrected chi connectivity index (χ4v) is 4.35. The van der Waals surface area contributed by atoms with Crippen molar-refractivity contribution in [1.82, 2.24) is 0 Å². The Labute approximate surface area is 204 Å². The predicted molar refractivity (Wildman–Crippen MR) is 134 cm³/mol. The maximum Gasteiger partial charge on any atom is 0.307 e. The van der Waals surface area contributed by atoms with Gasteiger partial charge in [0.2, 0.25) is 0 Å². The van der Waals surface area contributed by atoms with Gasteiger partial charge in [0.25, 0.3) is 0 Å². The molecule has 0 aliphatic carbocycles. The molecular formula is C27H28Cl2O4. The van der Waals surface area contributed by atoms with Crippen molar-refractivity contribution in [1.29, 1.82) is 0 Å². The number of aliphatic carboxylic acids is 1. The Bertz CT molecular complexity index is 1090. The molecule has 2 N–H and O–H groups in total. The molecule has 3 rings (SSSR count). The molecule has 0 radical (unpaired) electrons. The summed E-state index contributed by atoms with van der Waals surface area (Å²) < 4.78 is 5.93. The second kappa shape index (κ2) is 12.0. The number of rotatable bonds is 11. The van der Waals surface area contributed by atoms with Gasteiger partial charge in [0.15, 0.2) is 5.75 Å². The van der Waals surface area contributed by atoms with Crippen LogP contribution in [0.2, 0.25) is 10.0 Å². The van der Waals surface area contributed by atoms with E-state index in [0.717, 1.165) is 18.4 Å². The molecule has 0 saturated heterocycles. The number of aromatic hydroxyl groups is 1. The number of carbonyl (C=O) groups is 1. The van der Waals surface area contributed by atoms with Gasteiger partial charge in [-0.05, 0) is 59.9 Å². The molecule has 33 heavy (non-hydrogen) atoms. The first-order chi connectivity index (χ1) is 15.9. The minimum atomic E-state index is -0.970. The Morgan fingerprint density at radius 2 is 1.64 bits per heavy atom. The van der Waals surface area contributed by atoms with Crippen molar-refractivity contribution in [3.05, 3.63) is 75.8 Å². The summed E-state index contributed by atoms with van der Waals surface area (Å²) >= 11 is 12.6. The van der Waals surface area contributed by atoms with E-state index < -0.39 is 5.97 Å². The first-order valence-corrected chi connectivity index (χ1v) is 11.9. The molecule has 6 heteroatoms. The van der Waals surface area contributed by atoms with Gasteiger partial charge < -0.3 is 14.9 Å². The average Bonchev–Trinajstić information content (AvgIpc) is 2.77. The van der Waals surface area contributed by atoms with Crippen LogP contribution in [0.1, 0.15) is 50.2 Å². The van der Waals surface area contributed by atoms with Crippen LogP contribution in [0, 0.1) is 0 Å². The smallest absolute Gasteiger partial charge is 0.307 e. The molecule has 3 aromatic carbocycles. The molecule has 0 unspecified atom stereocenters. The molecule has 0 spiro atoms. The van der Waals surface area contributed by atoms with Gasteiger partial charge in [-0.15, -0.1) is 0 Å². The van der Waals surface area contributed by atoms with Gasteiger partial charge in [-0.2, -0.15) is 0 Å². The van der Waals surface area contributed by atoms with Crippen molar-refractivity contribution in [3.63, 3.8) is 0 Å². The van der Waals surface area contributed by atoms with Crippen LogP contribution in [0.4, 0.5) is 0 Å². The molecule has 174 valence electrons. The van der Waals surface area contributed by atoms with Crippen LogP contribution >= 0.6 is 23.2 Å². The minimum absolute atomic E-state index is 0.149. The number of phenols is 1. The number of hydrogen-bond donors (Lipinski definition) is 2.